The number of hydrogen-bond donors (Lipinski definition) is 9. The Hall–Kier alpha value is -6.25. The van der Waals surface area contributed by atoms with Crippen LogP contribution in [0, 0.1) is 0 Å². The highest BCUT2D eigenvalue weighted by molar-refractivity contribution is 7.94. The highest BCUT2D eigenvalue weighted by Gasteiger charge is 2.27. The van der Waals surface area contributed by atoms with Crippen molar-refractivity contribution >= 4 is 147 Å². The summed E-state index contributed by atoms with van der Waals surface area (Å²) in [5.41, 5.74) is 3.53. The summed E-state index contributed by atoms with van der Waals surface area (Å²) < 4.78 is 194. The average molecular weight is 1200 g/mol. The van der Waals surface area contributed by atoms with E-state index in [4.69, 9.17) is 31.7 Å². The van der Waals surface area contributed by atoms with Gasteiger partial charge in [0, 0.05) is 11.4 Å². The monoisotopic (exact) mass is 1200 g/mol. The van der Waals surface area contributed by atoms with Crippen LogP contribution >= 0.6 is 23.6 Å². The summed E-state index contributed by atoms with van der Waals surface area (Å²) in [5, 5.41) is 44.0. The Morgan fingerprint density at radius 3 is 1.64 bits per heavy atom. The quantitative estimate of drug-likeness (QED) is 0.00969. The Balaban J connectivity index is 1.33. The minimum Gasteiger partial charge on any atom is -0.505 e. The molecule has 5 aromatic carbocycles. The second-order valence-electron chi connectivity index (χ2n) is 14.2. The summed E-state index contributed by atoms with van der Waals surface area (Å²) in [6.45, 7) is -1.78. The zero-order valence-corrected chi connectivity index (χ0v) is 43.0. The molecule has 1 aromatic heterocycles. The number of aromatic nitrogens is 3. The standard InChI is InChI=1S/C35H31ClN10O22S7/c36-33-40-34(38-19-1-6-22(7-2-19)70(49,50)13-11-65-74(59,60)61)42-35(41-33)39-21-5-10-26(72(53,54)55)24(17-21)44-45-30-25(69-68-67-48)15-18-16-27(73(56,57)58)31(29(37)28(18)32(30)47)46-43-20-3-8-23(9-4-20)71(51,52)14-12-66-75(62,63)64/h1-10,15-17,47-48H,11-14,37H2,(H,53,54,55)(H,56,57,58)(H,59,60,61)(H,62,63,64)(H2,38,39,40,41,42)/b45-44+,46-43+. The lowest BCUT2D eigenvalue weighted by molar-refractivity contribution is -0.432. The van der Waals surface area contributed by atoms with Crippen molar-refractivity contribution in [3.8, 4) is 5.75 Å². The molecule has 0 bridgehead atoms. The normalized spacial score (nSPS) is 13.0. The molecule has 75 heavy (non-hydrogen) atoms. The topological polar surface area (TPSA) is 501 Å². The van der Waals surface area contributed by atoms with Crippen LogP contribution < -0.4 is 16.4 Å². The third-order valence-corrected chi connectivity index (χ3v) is 16.1. The maximum Gasteiger partial charge on any atom is 0.397 e. The molecular formula is C35H31ClN10O22S7. The maximum absolute atomic E-state index is 12.6. The van der Waals surface area contributed by atoms with Crippen LogP contribution in [0.3, 0.4) is 0 Å². The lowest BCUT2D eigenvalue weighted by Crippen LogP contribution is -2.15. The first-order valence-electron chi connectivity index (χ1n) is 19.4. The zero-order valence-electron chi connectivity index (χ0n) is 36.5. The van der Waals surface area contributed by atoms with Crippen LogP contribution in [0.4, 0.5) is 51.7 Å². The largest absolute Gasteiger partial charge is 0.505 e. The molecule has 6 aromatic rings. The van der Waals surface area contributed by atoms with Gasteiger partial charge in [0.15, 0.2) is 25.4 Å². The van der Waals surface area contributed by atoms with E-state index in [9.17, 15) is 64.7 Å². The van der Waals surface area contributed by atoms with E-state index in [0.717, 1.165) is 66.7 Å². The van der Waals surface area contributed by atoms with Gasteiger partial charge in [0.05, 0.1) is 68.2 Å². The zero-order chi connectivity index (χ0) is 55.3. The highest BCUT2D eigenvalue weighted by atomic mass is 35.5. The van der Waals surface area contributed by atoms with Crippen LogP contribution in [0.15, 0.2) is 124 Å². The summed E-state index contributed by atoms with van der Waals surface area (Å²) >= 11 is 6.25. The van der Waals surface area contributed by atoms with Gasteiger partial charge in [-0.05, 0) is 95.8 Å². The molecule has 402 valence electrons. The smallest absolute Gasteiger partial charge is 0.397 e. The van der Waals surface area contributed by atoms with E-state index in [0.29, 0.717) is 0 Å². The molecule has 0 saturated carbocycles. The Bertz CT molecular complexity index is 3960. The van der Waals surface area contributed by atoms with Gasteiger partial charge in [0.2, 0.25) is 17.2 Å². The summed E-state index contributed by atoms with van der Waals surface area (Å²) in [6.07, 6.45) is 0. The van der Waals surface area contributed by atoms with Gasteiger partial charge in [-0.25, -0.2) is 30.5 Å². The summed E-state index contributed by atoms with van der Waals surface area (Å²) in [5.74, 6) is -3.16. The lowest BCUT2D eigenvalue weighted by Gasteiger charge is -2.14. The molecular weight excluding hydrogens is 1170 g/mol. The number of azo groups is 2. The van der Waals surface area contributed by atoms with Gasteiger partial charge in [-0.15, -0.1) is 19.7 Å². The Morgan fingerprint density at radius 1 is 0.613 bits per heavy atom. The van der Waals surface area contributed by atoms with E-state index in [-0.39, 0.29) is 61.1 Å². The third kappa shape index (κ3) is 15.7. The average Bonchev–Trinajstić information content (AvgIpc) is 3.28. The van der Waals surface area contributed by atoms with Gasteiger partial charge >= 0.3 is 20.8 Å². The molecule has 0 unspecified atom stereocenters. The molecule has 0 saturated heterocycles. The molecule has 6 rings (SSSR count). The van der Waals surface area contributed by atoms with E-state index in [2.05, 4.69) is 63.8 Å². The molecule has 32 nitrogen and oxygen atoms in total. The van der Waals surface area contributed by atoms with Gasteiger partial charge in [0.25, 0.3) is 20.2 Å². The van der Waals surface area contributed by atoms with Crippen LogP contribution in [-0.4, -0.2) is 119 Å². The van der Waals surface area contributed by atoms with Crippen molar-refractivity contribution in [3.05, 3.63) is 84.1 Å². The summed E-state index contributed by atoms with van der Waals surface area (Å²) in [6, 6.07) is 13.8. The minimum absolute atomic E-state index is 0.0648. The summed E-state index contributed by atoms with van der Waals surface area (Å²) in [7, 11) is -28.4. The Kier molecular flexibility index (Phi) is 17.7. The molecule has 0 fully saturated rings. The van der Waals surface area contributed by atoms with Crippen molar-refractivity contribution < 1.29 is 96.8 Å². The molecule has 0 aliphatic rings. The number of hydrogen-bond acceptors (Lipinski definition) is 29. The molecule has 10 N–H and O–H groups in total. The fourth-order valence-corrected chi connectivity index (χ4v) is 11.0. The van der Waals surface area contributed by atoms with E-state index in [1.165, 1.54) is 12.1 Å². The molecule has 0 atom stereocenters. The maximum atomic E-state index is 12.6. The van der Waals surface area contributed by atoms with E-state index >= 15 is 0 Å². The number of nitrogens with two attached hydrogens (primary N) is 1. The number of benzene rings is 5. The van der Waals surface area contributed by atoms with Gasteiger partial charge in [-0.3, -0.25) is 18.2 Å². The number of nitrogens with zero attached hydrogens (tertiary/aromatic N) is 7. The fourth-order valence-electron chi connectivity index (χ4n) is 6.05. The third-order valence-electron chi connectivity index (χ3n) is 9.20. The molecule has 0 spiro atoms. The van der Waals surface area contributed by atoms with Crippen LogP contribution in [0.5, 0.6) is 5.75 Å². The summed E-state index contributed by atoms with van der Waals surface area (Å²) in [4.78, 5) is 9.20. The molecule has 0 amide bonds. The van der Waals surface area contributed by atoms with Gasteiger partial charge in [-0.2, -0.15) is 53.7 Å². The number of nitrogens with one attached hydrogen (secondary N) is 2. The second kappa shape index (κ2) is 22.9. The van der Waals surface area contributed by atoms with Crippen molar-refractivity contribution in [1.29, 1.82) is 0 Å². The number of halogens is 1. The number of anilines is 5. The molecule has 0 aliphatic carbocycles. The Morgan fingerprint density at radius 2 is 1.12 bits per heavy atom. The van der Waals surface area contributed by atoms with E-state index in [1.807, 2.05) is 0 Å². The number of rotatable bonds is 23. The van der Waals surface area contributed by atoms with Gasteiger partial charge in [-0.1, -0.05) is 5.04 Å². The SMILES string of the molecule is Nc1c(/N=N/c2ccc(S(=O)(=O)CCOS(=O)(=O)O)cc2)c(S(=O)(=O)O)cc2cc(SOOO)c(/N=N/c3cc(Nc4nc(Cl)nc(Nc5ccc(S(=O)(=O)CCOS(=O)(=O)O)cc5)n4)ccc3S(=O)(=O)O)c(O)c12. The Labute approximate surface area is 432 Å². The number of nitrogen functional groups attached to an aromatic ring is 1. The van der Waals surface area contributed by atoms with Crippen LogP contribution in [0.2, 0.25) is 5.28 Å². The molecule has 40 heteroatoms. The predicted octanol–water partition coefficient (Wildman–Crippen LogP) is 5.39. The van der Waals surface area contributed by atoms with Gasteiger partial charge in [0.1, 0.15) is 26.9 Å². The molecule has 0 radical (unpaired) electrons. The van der Waals surface area contributed by atoms with Crippen molar-refractivity contribution in [2.24, 2.45) is 20.5 Å². The van der Waals surface area contributed by atoms with Crippen LogP contribution in [-0.2, 0) is 78.4 Å². The highest BCUT2D eigenvalue weighted by Crippen LogP contribution is 2.50. The van der Waals surface area contributed by atoms with Crippen molar-refractivity contribution in [1.82, 2.24) is 15.0 Å². The minimum atomic E-state index is -5.23. The number of aromatic hydroxyl groups is 1. The van der Waals surface area contributed by atoms with Crippen molar-refractivity contribution in [2.45, 2.75) is 24.5 Å². The van der Waals surface area contributed by atoms with E-state index in [1.54, 1.807) is 0 Å². The predicted molar refractivity (Wildman–Crippen MR) is 258 cm³/mol. The lowest BCUT2D eigenvalue weighted by atomic mass is 10.1. The first-order chi connectivity index (χ1) is 34.8. The van der Waals surface area contributed by atoms with Crippen LogP contribution in [0.25, 0.3) is 10.8 Å². The second-order valence-corrected chi connectivity index (χ2v) is 24.5. The molecule has 0 aliphatic heterocycles. The first kappa shape index (κ1) is 58.0. The number of phenols is 1. The van der Waals surface area contributed by atoms with Crippen molar-refractivity contribution in [3.63, 3.8) is 0 Å². The van der Waals surface area contributed by atoms with Crippen LogP contribution in [0.1, 0.15) is 0 Å². The van der Waals surface area contributed by atoms with Gasteiger partial charge < -0.3 is 21.5 Å². The molecule has 1 heterocycles. The van der Waals surface area contributed by atoms with Crippen molar-refractivity contribution in [2.75, 3.05) is 41.1 Å². The number of phenolic OH excluding ortho intramolecular Hbond substituents is 1. The first-order valence-corrected chi connectivity index (χ1v) is 29.4. The van der Waals surface area contributed by atoms with E-state index < -0.39 is 134 Å². The number of fused-ring (bicyclic) bond motifs is 1. The number of sulfone groups is 2. The fraction of sp³-hybridized carbons (Fsp3) is 0.114.